The van der Waals surface area contributed by atoms with Crippen molar-refractivity contribution in [3.63, 3.8) is 0 Å². The molecule has 1 amide bonds. The zero-order valence-electron chi connectivity index (χ0n) is 16.2. The summed E-state index contributed by atoms with van der Waals surface area (Å²) in [5.41, 5.74) is 0.510. The number of fused-ring (bicyclic) bond motifs is 1. The van der Waals surface area contributed by atoms with E-state index < -0.39 is 0 Å². The molecular formula is C21H21N7O2. The summed E-state index contributed by atoms with van der Waals surface area (Å²) >= 11 is 0. The maximum absolute atomic E-state index is 12.4. The van der Waals surface area contributed by atoms with Crippen LogP contribution < -0.4 is 16.2 Å². The van der Waals surface area contributed by atoms with Gasteiger partial charge in [0.1, 0.15) is 18.0 Å². The third kappa shape index (κ3) is 4.52. The molecule has 0 unspecified atom stereocenters. The Labute approximate surface area is 172 Å². The summed E-state index contributed by atoms with van der Waals surface area (Å²) in [5.74, 6) is 1.31. The number of carbonyl (C=O) groups excluding carboxylic acids is 1. The Bertz CT molecular complexity index is 1200. The van der Waals surface area contributed by atoms with Crippen LogP contribution in [-0.4, -0.2) is 43.1 Å². The molecule has 9 nitrogen and oxygen atoms in total. The SMILES string of the molecule is O=C(CCn1cnc2ccccc2c1=O)NCCNc1cc(-n2cccc2)ncn1. The number of nitrogens with one attached hydrogen (secondary N) is 2. The zero-order chi connectivity index (χ0) is 20.8. The molecule has 1 aromatic carbocycles. The van der Waals surface area contributed by atoms with Gasteiger partial charge >= 0.3 is 0 Å². The summed E-state index contributed by atoms with van der Waals surface area (Å²) in [4.78, 5) is 37.2. The van der Waals surface area contributed by atoms with Crippen LogP contribution in [0.3, 0.4) is 0 Å². The zero-order valence-corrected chi connectivity index (χ0v) is 16.2. The molecule has 30 heavy (non-hydrogen) atoms. The van der Waals surface area contributed by atoms with Crippen LogP contribution in [0, 0.1) is 0 Å². The smallest absolute Gasteiger partial charge is 0.261 e. The van der Waals surface area contributed by atoms with Gasteiger partial charge in [0.15, 0.2) is 0 Å². The van der Waals surface area contributed by atoms with Gasteiger partial charge in [-0.3, -0.25) is 14.2 Å². The predicted molar refractivity (Wildman–Crippen MR) is 113 cm³/mol. The van der Waals surface area contributed by atoms with Gasteiger partial charge in [0, 0.05) is 44.5 Å². The first kappa shape index (κ1) is 19.3. The van der Waals surface area contributed by atoms with Gasteiger partial charge in [-0.2, -0.15) is 0 Å². The number of nitrogens with zero attached hydrogens (tertiary/aromatic N) is 5. The summed E-state index contributed by atoms with van der Waals surface area (Å²) in [5, 5.41) is 6.55. The average molecular weight is 403 g/mol. The Morgan fingerprint density at radius 2 is 1.83 bits per heavy atom. The highest BCUT2D eigenvalue weighted by Crippen LogP contribution is 2.08. The maximum Gasteiger partial charge on any atom is 0.261 e. The first-order valence-corrected chi connectivity index (χ1v) is 9.61. The van der Waals surface area contributed by atoms with E-state index in [0.29, 0.717) is 29.8 Å². The Balaban J connectivity index is 1.24. The summed E-state index contributed by atoms with van der Waals surface area (Å²) in [6.45, 7) is 1.24. The highest BCUT2D eigenvalue weighted by atomic mass is 16.1. The Kier molecular flexibility index (Phi) is 5.79. The van der Waals surface area contributed by atoms with Crippen LogP contribution in [0.2, 0.25) is 0 Å². The average Bonchev–Trinajstić information content (AvgIpc) is 3.32. The molecule has 0 spiro atoms. The maximum atomic E-state index is 12.4. The van der Waals surface area contributed by atoms with Crippen molar-refractivity contribution in [3.05, 3.63) is 77.9 Å². The Morgan fingerprint density at radius 1 is 1.00 bits per heavy atom. The van der Waals surface area contributed by atoms with Crippen LogP contribution in [0.1, 0.15) is 6.42 Å². The van der Waals surface area contributed by atoms with E-state index >= 15 is 0 Å². The Morgan fingerprint density at radius 3 is 2.70 bits per heavy atom. The van der Waals surface area contributed by atoms with E-state index in [9.17, 15) is 9.59 Å². The molecule has 0 radical (unpaired) electrons. The van der Waals surface area contributed by atoms with E-state index in [1.807, 2.05) is 41.2 Å². The third-order valence-corrected chi connectivity index (χ3v) is 4.59. The number of hydrogen-bond acceptors (Lipinski definition) is 6. The first-order valence-electron chi connectivity index (χ1n) is 9.61. The van der Waals surface area contributed by atoms with Gasteiger partial charge in [0.25, 0.3) is 5.56 Å². The Hall–Kier alpha value is -4.01. The van der Waals surface area contributed by atoms with Gasteiger partial charge in [-0.15, -0.1) is 0 Å². The van der Waals surface area contributed by atoms with Crippen molar-refractivity contribution in [2.24, 2.45) is 0 Å². The lowest BCUT2D eigenvalue weighted by Gasteiger charge is -2.09. The first-order chi connectivity index (χ1) is 14.7. The minimum Gasteiger partial charge on any atom is -0.368 e. The summed E-state index contributed by atoms with van der Waals surface area (Å²) < 4.78 is 3.35. The van der Waals surface area contributed by atoms with Crippen LogP contribution >= 0.6 is 0 Å². The largest absolute Gasteiger partial charge is 0.368 e. The number of para-hydroxylation sites is 1. The van der Waals surface area contributed by atoms with Crippen molar-refractivity contribution >= 4 is 22.6 Å². The number of rotatable bonds is 8. The topological polar surface area (TPSA) is 107 Å². The van der Waals surface area contributed by atoms with Crippen molar-refractivity contribution in [3.8, 4) is 5.82 Å². The molecule has 2 N–H and O–H groups in total. The fourth-order valence-electron chi connectivity index (χ4n) is 3.04. The second-order valence-corrected chi connectivity index (χ2v) is 6.64. The van der Waals surface area contributed by atoms with Gasteiger partial charge in [0.2, 0.25) is 5.91 Å². The normalized spacial score (nSPS) is 10.8. The van der Waals surface area contributed by atoms with E-state index in [2.05, 4.69) is 25.6 Å². The van der Waals surface area contributed by atoms with Gasteiger partial charge in [-0.05, 0) is 24.3 Å². The molecule has 3 aromatic heterocycles. The number of aromatic nitrogens is 5. The number of benzene rings is 1. The van der Waals surface area contributed by atoms with Crippen molar-refractivity contribution in [2.75, 3.05) is 18.4 Å². The minimum absolute atomic E-state index is 0.132. The van der Waals surface area contributed by atoms with E-state index in [-0.39, 0.29) is 24.4 Å². The van der Waals surface area contributed by atoms with Crippen molar-refractivity contribution < 1.29 is 4.79 Å². The van der Waals surface area contributed by atoms with E-state index in [1.165, 1.54) is 17.2 Å². The van der Waals surface area contributed by atoms with E-state index in [4.69, 9.17) is 0 Å². The molecule has 0 aliphatic carbocycles. The third-order valence-electron chi connectivity index (χ3n) is 4.59. The van der Waals surface area contributed by atoms with Gasteiger partial charge in [-0.1, -0.05) is 12.1 Å². The van der Waals surface area contributed by atoms with Gasteiger partial charge in [0.05, 0.1) is 17.2 Å². The molecule has 9 heteroatoms. The van der Waals surface area contributed by atoms with Crippen LogP contribution in [0.25, 0.3) is 16.7 Å². The second-order valence-electron chi connectivity index (χ2n) is 6.64. The molecule has 0 fully saturated rings. The number of anilines is 1. The van der Waals surface area contributed by atoms with Crippen LogP contribution in [0.5, 0.6) is 0 Å². The van der Waals surface area contributed by atoms with Crippen molar-refractivity contribution in [1.29, 1.82) is 0 Å². The van der Waals surface area contributed by atoms with Crippen LogP contribution in [-0.2, 0) is 11.3 Å². The molecule has 4 rings (SSSR count). The fraction of sp³-hybridized carbons (Fsp3) is 0.190. The molecule has 0 bridgehead atoms. The molecule has 0 aliphatic heterocycles. The van der Waals surface area contributed by atoms with E-state index in [1.54, 1.807) is 18.2 Å². The predicted octanol–water partition coefficient (Wildman–Crippen LogP) is 1.60. The number of aryl methyl sites for hydroxylation is 1. The standard InChI is InChI=1S/C21H21N7O2/c29-20(7-12-28-15-26-17-6-2-1-5-16(17)21(28)30)23-9-8-22-18-13-19(25-14-24-18)27-10-3-4-11-27/h1-6,10-11,13-15H,7-9,12H2,(H,23,29)(H,22,24,25). The molecule has 152 valence electrons. The number of hydrogen-bond donors (Lipinski definition) is 2. The van der Waals surface area contributed by atoms with Crippen molar-refractivity contribution in [2.45, 2.75) is 13.0 Å². The van der Waals surface area contributed by atoms with Crippen molar-refractivity contribution in [1.82, 2.24) is 29.4 Å². The molecule has 0 saturated carbocycles. The molecule has 4 aromatic rings. The minimum atomic E-state index is -0.141. The van der Waals surface area contributed by atoms with Gasteiger partial charge in [-0.25, -0.2) is 15.0 Å². The fourth-order valence-corrected chi connectivity index (χ4v) is 3.04. The lowest BCUT2D eigenvalue weighted by Crippen LogP contribution is -2.31. The number of amides is 1. The molecular weight excluding hydrogens is 382 g/mol. The summed E-state index contributed by atoms with van der Waals surface area (Å²) in [6, 6.07) is 12.8. The number of carbonyl (C=O) groups is 1. The highest BCUT2D eigenvalue weighted by Gasteiger charge is 2.06. The van der Waals surface area contributed by atoms with Crippen LogP contribution in [0.15, 0.2) is 72.3 Å². The molecule has 3 heterocycles. The second kappa shape index (κ2) is 8.99. The highest BCUT2D eigenvalue weighted by molar-refractivity contribution is 5.77. The monoisotopic (exact) mass is 403 g/mol. The van der Waals surface area contributed by atoms with Gasteiger partial charge < -0.3 is 15.2 Å². The summed E-state index contributed by atoms with van der Waals surface area (Å²) in [7, 11) is 0. The lowest BCUT2D eigenvalue weighted by molar-refractivity contribution is -0.121. The molecule has 0 aliphatic rings. The summed E-state index contributed by atoms with van der Waals surface area (Å²) in [6.07, 6.45) is 6.99. The lowest BCUT2D eigenvalue weighted by atomic mass is 10.2. The molecule has 0 saturated heterocycles. The molecule has 0 atom stereocenters. The van der Waals surface area contributed by atoms with Crippen LogP contribution in [0.4, 0.5) is 5.82 Å². The quantitative estimate of drug-likeness (QED) is 0.433. The van der Waals surface area contributed by atoms with E-state index in [0.717, 1.165) is 5.82 Å².